The number of carbonyl (C=O) groups is 1. The van der Waals surface area contributed by atoms with Crippen LogP contribution in [0.1, 0.15) is 24.0 Å². The number of nitrogens with one attached hydrogen (secondary N) is 2. The maximum atomic E-state index is 13.2. The van der Waals surface area contributed by atoms with Gasteiger partial charge in [-0.05, 0) is 49.5 Å². The zero-order chi connectivity index (χ0) is 17.8. The highest BCUT2D eigenvalue weighted by atomic mass is 16.5. The van der Waals surface area contributed by atoms with Crippen molar-refractivity contribution in [2.75, 3.05) is 26.2 Å². The third kappa shape index (κ3) is 3.34. The number of hydrogen-bond donors (Lipinski definition) is 2. The lowest BCUT2D eigenvalue weighted by Crippen LogP contribution is -2.52. The number of amides is 1. The Morgan fingerprint density at radius 3 is 2.62 bits per heavy atom. The number of piperidine rings is 1. The summed E-state index contributed by atoms with van der Waals surface area (Å²) < 4.78 is 5.86. The molecular formula is C22H26N2O2. The van der Waals surface area contributed by atoms with Crippen LogP contribution < -0.4 is 15.4 Å². The molecule has 2 aliphatic heterocycles. The van der Waals surface area contributed by atoms with Crippen LogP contribution in [-0.4, -0.2) is 32.1 Å². The molecule has 0 bridgehead atoms. The van der Waals surface area contributed by atoms with Crippen LogP contribution in [0.4, 0.5) is 0 Å². The molecule has 2 aromatic carbocycles. The van der Waals surface area contributed by atoms with Crippen LogP contribution in [0.3, 0.4) is 0 Å². The monoisotopic (exact) mass is 350 g/mol. The van der Waals surface area contributed by atoms with Gasteiger partial charge in [-0.3, -0.25) is 4.79 Å². The third-order valence-corrected chi connectivity index (χ3v) is 5.73. The van der Waals surface area contributed by atoms with Gasteiger partial charge in [-0.25, -0.2) is 0 Å². The fourth-order valence-corrected chi connectivity index (χ4v) is 4.19. The summed E-state index contributed by atoms with van der Waals surface area (Å²) in [5, 5.41) is 6.63. The van der Waals surface area contributed by atoms with Gasteiger partial charge in [-0.2, -0.15) is 0 Å². The molecular weight excluding hydrogens is 324 g/mol. The fraction of sp³-hybridized carbons (Fsp3) is 0.409. The average molecular weight is 350 g/mol. The quantitative estimate of drug-likeness (QED) is 0.891. The lowest BCUT2D eigenvalue weighted by molar-refractivity contribution is -0.128. The van der Waals surface area contributed by atoms with Gasteiger partial charge in [-0.1, -0.05) is 48.5 Å². The van der Waals surface area contributed by atoms with Gasteiger partial charge < -0.3 is 15.4 Å². The SMILES string of the molecule is O=C(NCC1COc2ccccc2C1)C1(c2ccccc2)CCNCC1. The highest BCUT2D eigenvalue weighted by molar-refractivity contribution is 5.88. The minimum atomic E-state index is -0.417. The van der Waals surface area contributed by atoms with E-state index in [0.29, 0.717) is 19.1 Å². The standard InChI is InChI=1S/C22H26N2O2/c25-21(22(10-12-23-13-11-22)19-7-2-1-3-8-19)24-15-17-14-18-6-4-5-9-20(18)26-16-17/h1-9,17,23H,10-16H2,(H,24,25). The van der Waals surface area contributed by atoms with E-state index in [2.05, 4.69) is 28.8 Å². The molecule has 0 aromatic heterocycles. The van der Waals surface area contributed by atoms with Gasteiger partial charge in [0.15, 0.2) is 0 Å². The van der Waals surface area contributed by atoms with E-state index in [1.807, 2.05) is 36.4 Å². The Kier molecular flexibility index (Phi) is 4.93. The Morgan fingerprint density at radius 1 is 1.08 bits per heavy atom. The topological polar surface area (TPSA) is 50.4 Å². The summed E-state index contributed by atoms with van der Waals surface area (Å²) in [5.41, 5.74) is 1.95. The van der Waals surface area contributed by atoms with Gasteiger partial charge in [0.2, 0.25) is 5.91 Å². The smallest absolute Gasteiger partial charge is 0.230 e. The van der Waals surface area contributed by atoms with E-state index < -0.39 is 5.41 Å². The van der Waals surface area contributed by atoms with Crippen molar-refractivity contribution >= 4 is 5.91 Å². The summed E-state index contributed by atoms with van der Waals surface area (Å²) in [7, 11) is 0. The molecule has 1 amide bonds. The second-order valence-corrected chi connectivity index (χ2v) is 7.40. The van der Waals surface area contributed by atoms with E-state index >= 15 is 0 Å². The lowest BCUT2D eigenvalue weighted by atomic mass is 9.72. The minimum absolute atomic E-state index is 0.157. The molecule has 1 unspecified atom stereocenters. The Labute approximate surface area is 155 Å². The van der Waals surface area contributed by atoms with Crippen LogP contribution in [0.5, 0.6) is 5.75 Å². The van der Waals surface area contributed by atoms with Gasteiger partial charge in [-0.15, -0.1) is 0 Å². The Morgan fingerprint density at radius 2 is 1.81 bits per heavy atom. The summed E-state index contributed by atoms with van der Waals surface area (Å²) in [4.78, 5) is 13.2. The molecule has 0 aliphatic carbocycles. The van der Waals surface area contributed by atoms with E-state index in [1.54, 1.807) is 0 Å². The number of benzene rings is 2. The molecule has 1 saturated heterocycles. The Bertz CT molecular complexity index is 754. The molecule has 0 saturated carbocycles. The van der Waals surface area contributed by atoms with Gasteiger partial charge in [0.25, 0.3) is 0 Å². The summed E-state index contributed by atoms with van der Waals surface area (Å²) in [5.74, 6) is 1.46. The number of fused-ring (bicyclic) bond motifs is 1. The van der Waals surface area contributed by atoms with Gasteiger partial charge >= 0.3 is 0 Å². The first-order valence-electron chi connectivity index (χ1n) is 9.53. The second-order valence-electron chi connectivity index (χ2n) is 7.40. The lowest BCUT2D eigenvalue weighted by Gasteiger charge is -2.37. The average Bonchev–Trinajstić information content (AvgIpc) is 2.73. The molecule has 0 spiro atoms. The van der Waals surface area contributed by atoms with Crippen LogP contribution in [-0.2, 0) is 16.6 Å². The summed E-state index contributed by atoms with van der Waals surface area (Å²) in [6, 6.07) is 18.4. The van der Waals surface area contributed by atoms with Crippen molar-refractivity contribution in [2.45, 2.75) is 24.7 Å². The van der Waals surface area contributed by atoms with Crippen LogP contribution in [0.15, 0.2) is 54.6 Å². The molecule has 4 nitrogen and oxygen atoms in total. The Balaban J connectivity index is 1.45. The van der Waals surface area contributed by atoms with Crippen LogP contribution >= 0.6 is 0 Å². The second kappa shape index (κ2) is 7.50. The largest absolute Gasteiger partial charge is 0.493 e. The summed E-state index contributed by atoms with van der Waals surface area (Å²) in [6.07, 6.45) is 2.63. The zero-order valence-corrected chi connectivity index (χ0v) is 15.0. The molecule has 1 atom stereocenters. The number of para-hydroxylation sites is 1. The maximum Gasteiger partial charge on any atom is 0.230 e. The highest BCUT2D eigenvalue weighted by Crippen LogP contribution is 2.34. The number of hydrogen-bond acceptors (Lipinski definition) is 3. The van der Waals surface area contributed by atoms with Crippen molar-refractivity contribution in [3.8, 4) is 5.75 Å². The number of carbonyl (C=O) groups excluding carboxylic acids is 1. The zero-order valence-electron chi connectivity index (χ0n) is 15.0. The van der Waals surface area contributed by atoms with E-state index in [0.717, 1.165) is 43.7 Å². The van der Waals surface area contributed by atoms with Crippen LogP contribution in [0.25, 0.3) is 0 Å². The first-order valence-corrected chi connectivity index (χ1v) is 9.53. The molecule has 4 rings (SSSR count). The Hall–Kier alpha value is -2.33. The predicted octanol–water partition coefficient (Wildman–Crippen LogP) is 2.68. The molecule has 1 fully saturated rings. The van der Waals surface area contributed by atoms with Crippen molar-refractivity contribution in [1.82, 2.24) is 10.6 Å². The molecule has 2 N–H and O–H groups in total. The first-order chi connectivity index (χ1) is 12.8. The van der Waals surface area contributed by atoms with E-state index in [-0.39, 0.29) is 5.91 Å². The molecule has 4 heteroatoms. The minimum Gasteiger partial charge on any atom is -0.493 e. The van der Waals surface area contributed by atoms with Crippen molar-refractivity contribution < 1.29 is 9.53 Å². The van der Waals surface area contributed by atoms with Crippen molar-refractivity contribution in [3.05, 3.63) is 65.7 Å². The molecule has 136 valence electrons. The molecule has 26 heavy (non-hydrogen) atoms. The van der Waals surface area contributed by atoms with E-state index in [4.69, 9.17) is 4.74 Å². The summed E-state index contributed by atoms with van der Waals surface area (Å²) in [6.45, 7) is 3.08. The molecule has 2 aromatic rings. The maximum absolute atomic E-state index is 13.2. The predicted molar refractivity (Wildman–Crippen MR) is 102 cm³/mol. The van der Waals surface area contributed by atoms with Crippen molar-refractivity contribution in [1.29, 1.82) is 0 Å². The molecule has 0 radical (unpaired) electrons. The van der Waals surface area contributed by atoms with Gasteiger partial charge in [0, 0.05) is 12.5 Å². The van der Waals surface area contributed by atoms with E-state index in [9.17, 15) is 4.79 Å². The van der Waals surface area contributed by atoms with Crippen molar-refractivity contribution in [2.24, 2.45) is 5.92 Å². The van der Waals surface area contributed by atoms with Crippen LogP contribution in [0.2, 0.25) is 0 Å². The molecule has 2 heterocycles. The fourth-order valence-electron chi connectivity index (χ4n) is 4.19. The van der Waals surface area contributed by atoms with Crippen LogP contribution in [0, 0.1) is 5.92 Å². The number of rotatable bonds is 4. The third-order valence-electron chi connectivity index (χ3n) is 5.73. The highest BCUT2D eigenvalue weighted by Gasteiger charge is 2.41. The van der Waals surface area contributed by atoms with Gasteiger partial charge in [0.05, 0.1) is 12.0 Å². The first kappa shape index (κ1) is 17.1. The normalized spacial score (nSPS) is 21.3. The number of ether oxygens (including phenoxy) is 1. The summed E-state index contributed by atoms with van der Waals surface area (Å²) >= 11 is 0. The van der Waals surface area contributed by atoms with E-state index in [1.165, 1.54) is 5.56 Å². The van der Waals surface area contributed by atoms with Gasteiger partial charge in [0.1, 0.15) is 5.75 Å². The van der Waals surface area contributed by atoms with Crippen molar-refractivity contribution in [3.63, 3.8) is 0 Å². The molecule has 2 aliphatic rings.